The van der Waals surface area contributed by atoms with Crippen molar-refractivity contribution in [1.29, 1.82) is 0 Å². The molecule has 6 nitrogen and oxygen atoms in total. The van der Waals surface area contributed by atoms with Gasteiger partial charge in [-0.15, -0.1) is 0 Å². The second-order valence-electron chi connectivity index (χ2n) is 5.88. The molecule has 0 atom stereocenters. The number of hydrogen-bond donors (Lipinski definition) is 1. The van der Waals surface area contributed by atoms with Gasteiger partial charge in [-0.05, 0) is 55.4 Å². The number of nitrogens with one attached hydrogen (secondary N) is 1. The third kappa shape index (κ3) is 3.41. The first kappa shape index (κ1) is 17.2. The lowest BCUT2D eigenvalue weighted by atomic mass is 10.1. The average molecular weight is 355 g/mol. The molecule has 1 aromatic carbocycles. The summed E-state index contributed by atoms with van der Waals surface area (Å²) in [6.45, 7) is 6.10. The molecule has 0 aliphatic rings. The first-order valence-corrected chi connectivity index (χ1v) is 8.60. The summed E-state index contributed by atoms with van der Waals surface area (Å²) in [5.74, 6) is 0.658. The number of hydrogen-bond acceptors (Lipinski definition) is 3. The lowest BCUT2D eigenvalue weighted by Crippen LogP contribution is -2.20. The molecule has 7 heteroatoms. The molecule has 130 valence electrons. The van der Waals surface area contributed by atoms with E-state index in [1.54, 1.807) is 4.68 Å². The summed E-state index contributed by atoms with van der Waals surface area (Å²) in [6.07, 6.45) is 4.52. The monoisotopic (exact) mass is 355 g/mol. The van der Waals surface area contributed by atoms with Crippen molar-refractivity contribution >= 4 is 23.8 Å². The van der Waals surface area contributed by atoms with Crippen LogP contribution in [0.25, 0.3) is 0 Å². The van der Waals surface area contributed by atoms with Gasteiger partial charge in [-0.2, -0.15) is 5.10 Å². The minimum atomic E-state index is -0.149. The molecule has 0 bridgehead atoms. The Bertz CT molecular complexity index is 953. The lowest BCUT2D eigenvalue weighted by molar-refractivity contribution is -0.116. The minimum Gasteiger partial charge on any atom is -0.324 e. The van der Waals surface area contributed by atoms with Gasteiger partial charge in [0.25, 0.3) is 0 Å². The smallest absolute Gasteiger partial charge is 0.246 e. The Morgan fingerprint density at radius 3 is 2.60 bits per heavy atom. The van der Waals surface area contributed by atoms with Crippen LogP contribution >= 0.6 is 12.2 Å². The van der Waals surface area contributed by atoms with Gasteiger partial charge >= 0.3 is 0 Å². The second-order valence-corrected chi connectivity index (χ2v) is 6.25. The number of anilines is 1. The van der Waals surface area contributed by atoms with Gasteiger partial charge in [-0.3, -0.25) is 9.47 Å². The Morgan fingerprint density at radius 1 is 1.20 bits per heavy atom. The highest BCUT2D eigenvalue weighted by molar-refractivity contribution is 7.71. The molecule has 0 saturated heterocycles. The maximum atomic E-state index is 12.5. The normalized spacial score (nSPS) is 10.8. The highest BCUT2D eigenvalue weighted by Crippen LogP contribution is 2.18. The first-order valence-electron chi connectivity index (χ1n) is 8.19. The standard InChI is InChI=1S/C18H21N5OS/c1-4-16-20-22(18(25)23(16)21-10-5-6-11-21)12-17(24)19-15-9-7-8-13(2)14(15)3/h5-11H,4,12H2,1-3H3,(H,19,24). The largest absolute Gasteiger partial charge is 0.324 e. The zero-order valence-electron chi connectivity index (χ0n) is 14.6. The van der Waals surface area contributed by atoms with Gasteiger partial charge in [-0.1, -0.05) is 19.1 Å². The molecular weight excluding hydrogens is 334 g/mol. The SMILES string of the molecule is CCc1nn(CC(=O)Nc2cccc(C)c2C)c(=S)n1-n1cccc1. The topological polar surface area (TPSA) is 56.8 Å². The fourth-order valence-electron chi connectivity index (χ4n) is 2.67. The fraction of sp³-hybridized carbons (Fsp3) is 0.278. The molecule has 0 aliphatic heterocycles. The van der Waals surface area contributed by atoms with E-state index in [0.29, 0.717) is 11.2 Å². The van der Waals surface area contributed by atoms with Crippen molar-refractivity contribution in [2.45, 2.75) is 33.7 Å². The number of aromatic nitrogens is 4. The van der Waals surface area contributed by atoms with E-state index in [1.165, 1.54) is 0 Å². The van der Waals surface area contributed by atoms with Crippen molar-refractivity contribution in [2.75, 3.05) is 5.32 Å². The molecule has 25 heavy (non-hydrogen) atoms. The maximum absolute atomic E-state index is 12.5. The van der Waals surface area contributed by atoms with Gasteiger partial charge in [0, 0.05) is 24.5 Å². The van der Waals surface area contributed by atoms with Crippen molar-refractivity contribution in [1.82, 2.24) is 19.1 Å². The van der Waals surface area contributed by atoms with Crippen LogP contribution in [0.5, 0.6) is 0 Å². The third-order valence-corrected chi connectivity index (χ3v) is 4.57. The Balaban J connectivity index is 1.85. The zero-order valence-corrected chi connectivity index (χ0v) is 15.4. The summed E-state index contributed by atoms with van der Waals surface area (Å²) >= 11 is 5.52. The van der Waals surface area contributed by atoms with E-state index in [9.17, 15) is 4.79 Å². The number of aryl methyl sites for hydroxylation is 2. The van der Waals surface area contributed by atoms with Crippen molar-refractivity contribution in [2.24, 2.45) is 0 Å². The van der Waals surface area contributed by atoms with Crippen LogP contribution in [0.4, 0.5) is 5.69 Å². The highest BCUT2D eigenvalue weighted by atomic mass is 32.1. The minimum absolute atomic E-state index is 0.0769. The average Bonchev–Trinajstić information content (AvgIpc) is 3.20. The van der Waals surface area contributed by atoms with Crippen molar-refractivity contribution < 1.29 is 4.79 Å². The van der Waals surface area contributed by atoms with Gasteiger partial charge in [0.15, 0.2) is 5.82 Å². The van der Waals surface area contributed by atoms with Gasteiger partial charge in [0.2, 0.25) is 10.7 Å². The number of amides is 1. The van der Waals surface area contributed by atoms with Crippen LogP contribution in [-0.2, 0) is 17.8 Å². The first-order chi connectivity index (χ1) is 12.0. The summed E-state index contributed by atoms with van der Waals surface area (Å²) in [5, 5.41) is 7.45. The second kappa shape index (κ2) is 7.06. The molecule has 1 N–H and O–H groups in total. The Kier molecular flexibility index (Phi) is 4.85. The molecule has 3 aromatic rings. The summed E-state index contributed by atoms with van der Waals surface area (Å²) in [5.41, 5.74) is 3.02. The van der Waals surface area contributed by atoms with Crippen LogP contribution in [0.2, 0.25) is 0 Å². The fourth-order valence-corrected chi connectivity index (χ4v) is 2.98. The van der Waals surface area contributed by atoms with Gasteiger partial charge in [0.1, 0.15) is 6.54 Å². The number of benzene rings is 1. The quantitative estimate of drug-likeness (QED) is 0.714. The molecule has 0 unspecified atom stereocenters. The van der Waals surface area contributed by atoms with E-state index in [0.717, 1.165) is 22.6 Å². The molecule has 3 rings (SSSR count). The van der Waals surface area contributed by atoms with Crippen LogP contribution < -0.4 is 5.32 Å². The molecule has 0 aliphatic carbocycles. The molecule has 2 heterocycles. The van der Waals surface area contributed by atoms with Gasteiger partial charge < -0.3 is 5.32 Å². The molecule has 0 radical (unpaired) electrons. The van der Waals surface area contributed by atoms with Crippen LogP contribution in [-0.4, -0.2) is 25.0 Å². The Labute approximate surface area is 151 Å². The van der Waals surface area contributed by atoms with Gasteiger partial charge in [-0.25, -0.2) is 9.36 Å². The highest BCUT2D eigenvalue weighted by Gasteiger charge is 2.14. The van der Waals surface area contributed by atoms with E-state index in [4.69, 9.17) is 12.2 Å². The molecule has 0 spiro atoms. The lowest BCUT2D eigenvalue weighted by Gasteiger charge is -2.10. The van der Waals surface area contributed by atoms with Crippen molar-refractivity contribution in [3.05, 3.63) is 64.4 Å². The van der Waals surface area contributed by atoms with Crippen molar-refractivity contribution in [3.8, 4) is 0 Å². The van der Waals surface area contributed by atoms with Gasteiger partial charge in [0.05, 0.1) is 0 Å². The van der Waals surface area contributed by atoms with E-state index >= 15 is 0 Å². The van der Waals surface area contributed by atoms with Crippen LogP contribution in [0, 0.1) is 18.6 Å². The molecule has 0 saturated carbocycles. The van der Waals surface area contributed by atoms with E-state index in [-0.39, 0.29) is 12.5 Å². The Hall–Kier alpha value is -2.67. The van der Waals surface area contributed by atoms with E-state index in [2.05, 4.69) is 10.4 Å². The summed E-state index contributed by atoms with van der Waals surface area (Å²) in [6, 6.07) is 9.69. The van der Waals surface area contributed by atoms with E-state index in [1.807, 2.05) is 72.8 Å². The van der Waals surface area contributed by atoms with E-state index < -0.39 is 0 Å². The van der Waals surface area contributed by atoms with Crippen LogP contribution in [0.15, 0.2) is 42.7 Å². The third-order valence-electron chi connectivity index (χ3n) is 4.19. The molecule has 2 aromatic heterocycles. The maximum Gasteiger partial charge on any atom is 0.246 e. The van der Waals surface area contributed by atoms with Crippen LogP contribution in [0.3, 0.4) is 0 Å². The summed E-state index contributed by atoms with van der Waals surface area (Å²) in [7, 11) is 0. The number of nitrogens with zero attached hydrogens (tertiary/aromatic N) is 4. The molecule has 1 amide bonds. The Morgan fingerprint density at radius 2 is 1.92 bits per heavy atom. The summed E-state index contributed by atoms with van der Waals surface area (Å²) < 4.78 is 5.76. The zero-order chi connectivity index (χ0) is 18.0. The van der Waals surface area contributed by atoms with Crippen LogP contribution in [0.1, 0.15) is 23.9 Å². The number of carbonyl (C=O) groups is 1. The summed E-state index contributed by atoms with van der Waals surface area (Å²) in [4.78, 5) is 12.5. The van der Waals surface area contributed by atoms with Crippen molar-refractivity contribution in [3.63, 3.8) is 0 Å². The predicted octanol–water partition coefficient (Wildman–Crippen LogP) is 3.34. The molecule has 0 fully saturated rings. The number of rotatable bonds is 5. The predicted molar refractivity (Wildman–Crippen MR) is 100 cm³/mol. The number of carbonyl (C=O) groups excluding carboxylic acids is 1. The molecular formula is C18H21N5OS.